The van der Waals surface area contributed by atoms with Crippen molar-refractivity contribution in [3.05, 3.63) is 0 Å². The molecule has 0 bridgehead atoms. The Labute approximate surface area is 142 Å². The summed E-state index contributed by atoms with van der Waals surface area (Å²) < 4.78 is 5.75. The van der Waals surface area contributed by atoms with E-state index < -0.39 is 11.6 Å². The number of carbonyl (C=O) groups excluding carboxylic acids is 3. The van der Waals surface area contributed by atoms with E-state index in [1.807, 2.05) is 0 Å². The summed E-state index contributed by atoms with van der Waals surface area (Å²) in [6.45, 7) is 3.81. The van der Waals surface area contributed by atoms with Crippen molar-refractivity contribution in [3.8, 4) is 0 Å². The molecule has 3 aliphatic rings. The first-order valence-corrected chi connectivity index (χ1v) is 9.09. The molecule has 4 amide bonds. The van der Waals surface area contributed by atoms with E-state index in [4.69, 9.17) is 4.74 Å². The maximum atomic E-state index is 12.6. The summed E-state index contributed by atoms with van der Waals surface area (Å²) in [4.78, 5) is 40.2. The predicted octanol–water partition coefficient (Wildman–Crippen LogP) is 1.27. The van der Waals surface area contributed by atoms with Gasteiger partial charge in [0.15, 0.2) is 0 Å². The molecular weight excluding hydrogens is 310 g/mol. The summed E-state index contributed by atoms with van der Waals surface area (Å²) in [5, 5.41) is 2.82. The molecule has 1 atom stereocenters. The molecule has 7 nitrogen and oxygen atoms in total. The molecule has 2 heterocycles. The Bertz CT molecular complexity index is 516. The average Bonchev–Trinajstić information content (AvgIpc) is 3.14. The van der Waals surface area contributed by atoms with E-state index in [1.165, 1.54) is 0 Å². The molecular formula is C17H27N3O4. The van der Waals surface area contributed by atoms with Crippen LogP contribution in [0.4, 0.5) is 4.79 Å². The lowest BCUT2D eigenvalue weighted by Gasteiger charge is -2.33. The van der Waals surface area contributed by atoms with E-state index in [1.54, 1.807) is 4.90 Å². The van der Waals surface area contributed by atoms with Crippen LogP contribution in [0.25, 0.3) is 0 Å². The second-order valence-electron chi connectivity index (χ2n) is 7.09. The molecule has 24 heavy (non-hydrogen) atoms. The lowest BCUT2D eigenvalue weighted by molar-refractivity contribution is -0.141. The largest absolute Gasteiger partial charge is 0.376 e. The van der Waals surface area contributed by atoms with Gasteiger partial charge in [0, 0.05) is 19.7 Å². The molecule has 2 aliphatic heterocycles. The molecule has 0 aromatic heterocycles. The zero-order valence-corrected chi connectivity index (χ0v) is 14.4. The summed E-state index contributed by atoms with van der Waals surface area (Å²) in [7, 11) is 0. The minimum absolute atomic E-state index is 0.0620. The molecule has 2 saturated heterocycles. The number of nitrogens with zero attached hydrogens (tertiary/aromatic N) is 2. The number of carbonyl (C=O) groups is 3. The number of hydrogen-bond acceptors (Lipinski definition) is 4. The predicted molar refractivity (Wildman–Crippen MR) is 87.3 cm³/mol. The van der Waals surface area contributed by atoms with Crippen molar-refractivity contribution in [1.29, 1.82) is 0 Å². The first-order valence-electron chi connectivity index (χ1n) is 9.09. The van der Waals surface area contributed by atoms with Gasteiger partial charge in [-0.15, -0.1) is 0 Å². The van der Waals surface area contributed by atoms with Gasteiger partial charge in [0.1, 0.15) is 12.1 Å². The van der Waals surface area contributed by atoms with Crippen LogP contribution < -0.4 is 5.32 Å². The average molecular weight is 337 g/mol. The fraction of sp³-hybridized carbons (Fsp3) is 0.824. The SMILES string of the molecule is CCCOC1CCCN(C(=O)CN2C(=O)NC3(CCCC3)C2=O)C1. The van der Waals surface area contributed by atoms with Gasteiger partial charge in [0.05, 0.1) is 6.10 Å². The summed E-state index contributed by atoms with van der Waals surface area (Å²) in [6.07, 6.45) is 6.10. The summed E-state index contributed by atoms with van der Waals surface area (Å²) in [5.74, 6) is -0.396. The van der Waals surface area contributed by atoms with E-state index in [-0.39, 0.29) is 24.5 Å². The molecule has 3 rings (SSSR count). The number of urea groups is 1. The maximum absolute atomic E-state index is 12.6. The second-order valence-corrected chi connectivity index (χ2v) is 7.09. The van der Waals surface area contributed by atoms with Crippen LogP contribution >= 0.6 is 0 Å². The summed E-state index contributed by atoms with van der Waals surface area (Å²) in [5.41, 5.74) is -0.744. The minimum Gasteiger partial charge on any atom is -0.376 e. The summed E-state index contributed by atoms with van der Waals surface area (Å²) >= 11 is 0. The van der Waals surface area contributed by atoms with Gasteiger partial charge in [-0.05, 0) is 32.1 Å². The van der Waals surface area contributed by atoms with E-state index in [9.17, 15) is 14.4 Å². The van der Waals surface area contributed by atoms with Crippen molar-refractivity contribution < 1.29 is 19.1 Å². The van der Waals surface area contributed by atoms with Crippen molar-refractivity contribution in [1.82, 2.24) is 15.1 Å². The molecule has 1 aliphatic carbocycles. The third-order valence-electron chi connectivity index (χ3n) is 5.28. The number of rotatable bonds is 5. The first-order chi connectivity index (χ1) is 11.6. The molecule has 7 heteroatoms. The quantitative estimate of drug-likeness (QED) is 0.766. The smallest absolute Gasteiger partial charge is 0.325 e. The Morgan fingerprint density at radius 1 is 1.29 bits per heavy atom. The zero-order chi connectivity index (χ0) is 17.2. The van der Waals surface area contributed by atoms with Crippen LogP contribution in [0, 0.1) is 0 Å². The lowest BCUT2D eigenvalue weighted by atomic mass is 9.98. The molecule has 0 aromatic rings. The number of hydrogen-bond donors (Lipinski definition) is 1. The fourth-order valence-corrected chi connectivity index (χ4v) is 3.96. The van der Waals surface area contributed by atoms with Crippen LogP contribution in [0.1, 0.15) is 51.9 Å². The molecule has 3 fully saturated rings. The highest BCUT2D eigenvalue weighted by Gasteiger charge is 2.52. The Balaban J connectivity index is 1.58. The van der Waals surface area contributed by atoms with Crippen LogP contribution in [-0.4, -0.2) is 65.5 Å². The molecule has 1 spiro atoms. The van der Waals surface area contributed by atoms with E-state index in [0.29, 0.717) is 32.5 Å². The van der Waals surface area contributed by atoms with Crippen LogP contribution in [0.2, 0.25) is 0 Å². The topological polar surface area (TPSA) is 79.0 Å². The van der Waals surface area contributed by atoms with Crippen LogP contribution in [0.15, 0.2) is 0 Å². The summed E-state index contributed by atoms with van der Waals surface area (Å²) in [6, 6.07) is -0.425. The Morgan fingerprint density at radius 2 is 2.04 bits per heavy atom. The van der Waals surface area contributed by atoms with Crippen LogP contribution in [0.5, 0.6) is 0 Å². The number of imide groups is 1. The van der Waals surface area contributed by atoms with E-state index >= 15 is 0 Å². The minimum atomic E-state index is -0.744. The van der Waals surface area contributed by atoms with Gasteiger partial charge in [-0.25, -0.2) is 4.79 Å². The van der Waals surface area contributed by atoms with Crippen LogP contribution in [0.3, 0.4) is 0 Å². The standard InChI is InChI=1S/C17H27N3O4/c1-2-10-24-13-6-5-9-19(11-13)14(21)12-20-15(22)17(18-16(20)23)7-3-4-8-17/h13H,2-12H2,1H3,(H,18,23). The van der Waals surface area contributed by atoms with Gasteiger partial charge in [0.2, 0.25) is 5.91 Å². The number of likely N-dealkylation sites (tertiary alicyclic amines) is 1. The molecule has 1 N–H and O–H groups in total. The third kappa shape index (κ3) is 3.27. The van der Waals surface area contributed by atoms with Gasteiger partial charge in [-0.2, -0.15) is 0 Å². The van der Waals surface area contributed by atoms with Crippen molar-refractivity contribution in [3.63, 3.8) is 0 Å². The molecule has 0 radical (unpaired) electrons. The number of ether oxygens (including phenoxy) is 1. The zero-order valence-electron chi connectivity index (χ0n) is 14.4. The number of amides is 4. The van der Waals surface area contributed by atoms with Crippen molar-refractivity contribution in [2.24, 2.45) is 0 Å². The van der Waals surface area contributed by atoms with Gasteiger partial charge in [0.25, 0.3) is 5.91 Å². The highest BCUT2D eigenvalue weighted by molar-refractivity contribution is 6.09. The third-order valence-corrected chi connectivity index (χ3v) is 5.28. The Kier molecular flexibility index (Phi) is 5.08. The normalized spacial score (nSPS) is 26.3. The Hall–Kier alpha value is -1.63. The number of nitrogens with one attached hydrogen (secondary N) is 1. The van der Waals surface area contributed by atoms with Crippen molar-refractivity contribution in [2.75, 3.05) is 26.2 Å². The van der Waals surface area contributed by atoms with Gasteiger partial charge >= 0.3 is 6.03 Å². The fourth-order valence-electron chi connectivity index (χ4n) is 3.96. The first kappa shape index (κ1) is 17.2. The highest BCUT2D eigenvalue weighted by Crippen LogP contribution is 2.35. The van der Waals surface area contributed by atoms with E-state index in [2.05, 4.69) is 12.2 Å². The van der Waals surface area contributed by atoms with Gasteiger partial charge in [-0.3, -0.25) is 14.5 Å². The van der Waals surface area contributed by atoms with Crippen molar-refractivity contribution in [2.45, 2.75) is 63.5 Å². The molecule has 134 valence electrons. The Morgan fingerprint density at radius 3 is 2.75 bits per heavy atom. The van der Waals surface area contributed by atoms with Gasteiger partial charge < -0.3 is 15.0 Å². The second kappa shape index (κ2) is 7.09. The monoisotopic (exact) mass is 337 g/mol. The molecule has 0 aromatic carbocycles. The van der Waals surface area contributed by atoms with Gasteiger partial charge in [-0.1, -0.05) is 19.8 Å². The molecule has 1 saturated carbocycles. The van der Waals surface area contributed by atoms with Crippen LogP contribution in [-0.2, 0) is 14.3 Å². The van der Waals surface area contributed by atoms with Crippen molar-refractivity contribution >= 4 is 17.8 Å². The highest BCUT2D eigenvalue weighted by atomic mass is 16.5. The lowest BCUT2D eigenvalue weighted by Crippen LogP contribution is -2.49. The maximum Gasteiger partial charge on any atom is 0.325 e. The number of piperidine rings is 1. The molecule has 1 unspecified atom stereocenters. The van der Waals surface area contributed by atoms with E-state index in [0.717, 1.165) is 37.0 Å².